The molecule has 0 unspecified atom stereocenters. The van der Waals surface area contributed by atoms with Crippen molar-refractivity contribution < 1.29 is 9.32 Å². The Balaban J connectivity index is 1.25. The van der Waals surface area contributed by atoms with Gasteiger partial charge in [-0.1, -0.05) is 35.5 Å². The highest BCUT2D eigenvalue weighted by Gasteiger charge is 2.35. The van der Waals surface area contributed by atoms with Crippen LogP contribution in [0.1, 0.15) is 17.4 Å². The summed E-state index contributed by atoms with van der Waals surface area (Å²) in [4.78, 5) is 22.6. The fraction of sp³-hybridized carbons (Fsp3) is 0.263. The second-order valence-corrected chi connectivity index (χ2v) is 7.16. The van der Waals surface area contributed by atoms with Gasteiger partial charge < -0.3 is 9.42 Å². The minimum absolute atomic E-state index is 0.121. The van der Waals surface area contributed by atoms with Gasteiger partial charge in [0.25, 0.3) is 0 Å². The first-order chi connectivity index (χ1) is 12.8. The first-order valence-corrected chi connectivity index (χ1v) is 9.58. The summed E-state index contributed by atoms with van der Waals surface area (Å²) >= 11 is 1.64. The molecule has 0 radical (unpaired) electrons. The molecule has 1 aromatic carbocycles. The Labute approximate surface area is 155 Å². The summed E-state index contributed by atoms with van der Waals surface area (Å²) in [6.07, 6.45) is 3.41. The second kappa shape index (κ2) is 7.70. The fourth-order valence-corrected chi connectivity index (χ4v) is 3.66. The van der Waals surface area contributed by atoms with Crippen molar-refractivity contribution in [3.63, 3.8) is 0 Å². The van der Waals surface area contributed by atoms with Crippen molar-refractivity contribution in [1.29, 1.82) is 0 Å². The van der Waals surface area contributed by atoms with Crippen molar-refractivity contribution in [3.8, 4) is 11.4 Å². The molecule has 0 atom stereocenters. The van der Waals surface area contributed by atoms with E-state index < -0.39 is 0 Å². The molecule has 1 fully saturated rings. The number of aromatic nitrogens is 3. The predicted molar refractivity (Wildman–Crippen MR) is 99.5 cm³/mol. The fourth-order valence-electron chi connectivity index (χ4n) is 2.77. The number of hydrogen-bond donors (Lipinski definition) is 0. The Bertz CT molecular complexity index is 864. The molecule has 4 rings (SSSR count). The van der Waals surface area contributed by atoms with Crippen LogP contribution in [-0.2, 0) is 10.5 Å². The Morgan fingerprint density at radius 3 is 2.81 bits per heavy atom. The SMILES string of the molecule is O=C(CSCc1ccccc1)N1CC(c2nc(-c3cccnc3)no2)C1. The van der Waals surface area contributed by atoms with Gasteiger partial charge in [0.1, 0.15) is 0 Å². The summed E-state index contributed by atoms with van der Waals surface area (Å²) in [6, 6.07) is 13.9. The van der Waals surface area contributed by atoms with Crippen LogP contribution in [-0.4, -0.2) is 44.8 Å². The van der Waals surface area contributed by atoms with E-state index in [1.807, 2.05) is 35.2 Å². The first kappa shape index (κ1) is 16.8. The van der Waals surface area contributed by atoms with Crippen molar-refractivity contribution in [2.75, 3.05) is 18.8 Å². The summed E-state index contributed by atoms with van der Waals surface area (Å²) in [5.74, 6) is 2.75. The van der Waals surface area contributed by atoms with Crippen molar-refractivity contribution in [3.05, 3.63) is 66.3 Å². The number of hydrogen-bond acceptors (Lipinski definition) is 6. The molecule has 1 saturated heterocycles. The predicted octanol–water partition coefficient (Wildman–Crippen LogP) is 2.99. The normalized spacial score (nSPS) is 14.2. The number of rotatable bonds is 6. The minimum Gasteiger partial charge on any atom is -0.340 e. The molecule has 0 bridgehead atoms. The van der Waals surface area contributed by atoms with Crippen LogP contribution < -0.4 is 0 Å². The molecule has 3 aromatic rings. The molecule has 26 heavy (non-hydrogen) atoms. The molecule has 1 aliphatic rings. The van der Waals surface area contributed by atoms with Crippen LogP contribution in [0, 0.1) is 0 Å². The smallest absolute Gasteiger partial charge is 0.233 e. The van der Waals surface area contributed by atoms with Crippen LogP contribution in [0.3, 0.4) is 0 Å². The molecule has 0 N–H and O–H groups in total. The number of thioether (sulfide) groups is 1. The second-order valence-electron chi connectivity index (χ2n) is 6.17. The van der Waals surface area contributed by atoms with Gasteiger partial charge in [0.2, 0.25) is 17.6 Å². The molecule has 0 spiro atoms. The van der Waals surface area contributed by atoms with E-state index in [1.165, 1.54) is 5.56 Å². The minimum atomic E-state index is 0.121. The lowest BCUT2D eigenvalue weighted by Gasteiger charge is -2.37. The van der Waals surface area contributed by atoms with Crippen molar-refractivity contribution in [2.24, 2.45) is 0 Å². The van der Waals surface area contributed by atoms with Crippen molar-refractivity contribution in [2.45, 2.75) is 11.7 Å². The van der Waals surface area contributed by atoms with Crippen LogP contribution in [0.25, 0.3) is 11.4 Å². The maximum absolute atomic E-state index is 12.2. The third-order valence-electron chi connectivity index (χ3n) is 4.28. The Kier molecular flexibility index (Phi) is 4.97. The van der Waals surface area contributed by atoms with Gasteiger partial charge in [-0.25, -0.2) is 0 Å². The number of amides is 1. The van der Waals surface area contributed by atoms with Crippen LogP contribution in [0.2, 0.25) is 0 Å². The highest BCUT2D eigenvalue weighted by Crippen LogP contribution is 2.28. The van der Waals surface area contributed by atoms with E-state index >= 15 is 0 Å². The van der Waals surface area contributed by atoms with Gasteiger partial charge >= 0.3 is 0 Å². The zero-order valence-electron chi connectivity index (χ0n) is 14.1. The van der Waals surface area contributed by atoms with E-state index in [0.29, 0.717) is 30.6 Å². The summed E-state index contributed by atoms with van der Waals surface area (Å²) < 4.78 is 5.36. The van der Waals surface area contributed by atoms with Gasteiger partial charge in [0.05, 0.1) is 11.7 Å². The number of carbonyl (C=O) groups is 1. The van der Waals surface area contributed by atoms with E-state index in [-0.39, 0.29) is 11.8 Å². The average molecular weight is 366 g/mol. The highest BCUT2D eigenvalue weighted by molar-refractivity contribution is 7.99. The van der Waals surface area contributed by atoms with Crippen LogP contribution in [0.4, 0.5) is 0 Å². The van der Waals surface area contributed by atoms with Crippen LogP contribution >= 0.6 is 11.8 Å². The van der Waals surface area contributed by atoms with Gasteiger partial charge in [-0.15, -0.1) is 11.8 Å². The number of likely N-dealkylation sites (tertiary alicyclic amines) is 1. The summed E-state index contributed by atoms with van der Waals surface area (Å²) in [5.41, 5.74) is 2.06. The van der Waals surface area contributed by atoms with Gasteiger partial charge in [0, 0.05) is 36.8 Å². The number of nitrogens with zero attached hydrogens (tertiary/aromatic N) is 4. The van der Waals surface area contributed by atoms with Gasteiger partial charge in [-0.3, -0.25) is 9.78 Å². The summed E-state index contributed by atoms with van der Waals surface area (Å²) in [6.45, 7) is 1.28. The first-order valence-electron chi connectivity index (χ1n) is 8.43. The molecule has 7 heteroatoms. The quantitative estimate of drug-likeness (QED) is 0.668. The highest BCUT2D eigenvalue weighted by atomic mass is 32.2. The number of pyridine rings is 1. The Hall–Kier alpha value is -2.67. The van der Waals surface area contributed by atoms with Gasteiger partial charge in [0.15, 0.2) is 0 Å². The average Bonchev–Trinajstić information content (AvgIpc) is 3.12. The van der Waals surface area contributed by atoms with Crippen molar-refractivity contribution in [1.82, 2.24) is 20.0 Å². The molecular weight excluding hydrogens is 348 g/mol. The van der Waals surface area contributed by atoms with Gasteiger partial charge in [-0.05, 0) is 17.7 Å². The topological polar surface area (TPSA) is 72.1 Å². The molecule has 2 aromatic heterocycles. The molecule has 1 aliphatic heterocycles. The lowest BCUT2D eigenvalue weighted by atomic mass is 10.0. The van der Waals surface area contributed by atoms with Crippen LogP contribution in [0.5, 0.6) is 0 Å². The van der Waals surface area contributed by atoms with E-state index in [2.05, 4.69) is 27.3 Å². The lowest BCUT2D eigenvalue weighted by molar-refractivity contribution is -0.133. The maximum Gasteiger partial charge on any atom is 0.233 e. The lowest BCUT2D eigenvalue weighted by Crippen LogP contribution is -2.49. The molecule has 132 valence electrons. The van der Waals surface area contributed by atoms with E-state index in [0.717, 1.165) is 11.3 Å². The van der Waals surface area contributed by atoms with Crippen LogP contribution in [0.15, 0.2) is 59.4 Å². The third kappa shape index (κ3) is 3.77. The molecule has 1 amide bonds. The molecule has 0 saturated carbocycles. The standard InChI is InChI=1S/C19H18N4O2S/c24-17(13-26-12-14-5-2-1-3-6-14)23-10-16(11-23)19-21-18(22-25-19)15-7-4-8-20-9-15/h1-9,16H,10-13H2. The number of carbonyl (C=O) groups excluding carboxylic acids is 1. The molecular formula is C19H18N4O2S. The maximum atomic E-state index is 12.2. The Morgan fingerprint density at radius 1 is 1.19 bits per heavy atom. The molecule has 6 nitrogen and oxygen atoms in total. The zero-order chi connectivity index (χ0) is 17.8. The largest absolute Gasteiger partial charge is 0.340 e. The zero-order valence-corrected chi connectivity index (χ0v) is 14.9. The van der Waals surface area contributed by atoms with E-state index in [9.17, 15) is 4.79 Å². The van der Waals surface area contributed by atoms with E-state index in [1.54, 1.807) is 24.2 Å². The summed E-state index contributed by atoms with van der Waals surface area (Å²) in [7, 11) is 0. The van der Waals surface area contributed by atoms with Crippen molar-refractivity contribution >= 4 is 17.7 Å². The van der Waals surface area contributed by atoms with Gasteiger partial charge in [-0.2, -0.15) is 4.98 Å². The third-order valence-corrected chi connectivity index (χ3v) is 5.27. The molecule has 0 aliphatic carbocycles. The summed E-state index contributed by atoms with van der Waals surface area (Å²) in [5, 5.41) is 4.01. The molecule has 3 heterocycles. The number of benzene rings is 1. The van der Waals surface area contributed by atoms with E-state index in [4.69, 9.17) is 4.52 Å². The Morgan fingerprint density at radius 2 is 2.04 bits per heavy atom. The monoisotopic (exact) mass is 366 g/mol.